The van der Waals surface area contributed by atoms with Gasteiger partial charge in [0.1, 0.15) is 17.9 Å². The number of amides is 2. The van der Waals surface area contributed by atoms with Crippen molar-refractivity contribution in [1.82, 2.24) is 4.90 Å². The average Bonchev–Trinajstić information content (AvgIpc) is 3.28. The van der Waals surface area contributed by atoms with Crippen LogP contribution in [0.5, 0.6) is 5.75 Å². The Morgan fingerprint density at radius 3 is 2.26 bits per heavy atom. The first-order valence-electron chi connectivity index (χ1n) is 10.6. The van der Waals surface area contributed by atoms with Gasteiger partial charge in [-0.3, -0.25) is 9.59 Å². The molecule has 166 valence electrons. The normalized spacial score (nSPS) is 17.1. The minimum Gasteiger partial charge on any atom is -0.497 e. The summed E-state index contributed by atoms with van der Waals surface area (Å²) in [4.78, 5) is 27.8. The van der Waals surface area contributed by atoms with Crippen LogP contribution in [0.1, 0.15) is 24.4 Å². The zero-order valence-corrected chi connectivity index (χ0v) is 20.0. The summed E-state index contributed by atoms with van der Waals surface area (Å²) in [6.45, 7) is 7.43. The largest absolute Gasteiger partial charge is 0.497 e. The number of hydrogen-bond acceptors (Lipinski definition) is 4. The van der Waals surface area contributed by atoms with Crippen LogP contribution in [-0.4, -0.2) is 51.7 Å². The highest BCUT2D eigenvalue weighted by Crippen LogP contribution is 2.26. The third-order valence-corrected chi connectivity index (χ3v) is 7.70. The summed E-state index contributed by atoms with van der Waals surface area (Å²) in [6.07, 6.45) is 1.04. The number of methoxy groups -OCH3 is 1. The van der Waals surface area contributed by atoms with Crippen molar-refractivity contribution in [3.05, 3.63) is 54.1 Å². The van der Waals surface area contributed by atoms with Gasteiger partial charge in [-0.15, -0.1) is 0 Å². The lowest BCUT2D eigenvalue weighted by Crippen LogP contribution is -2.43. The van der Waals surface area contributed by atoms with Crippen LogP contribution in [0.15, 0.2) is 48.5 Å². The molecule has 1 fully saturated rings. The SMILES string of the molecule is COc1ccc(C(C(=O)Nc2ccc([Si](C)(C)C)cc2)N(C)C(=O)C2CCCO2)cc1. The fraction of sp³-hybridized carbons (Fsp3) is 0.417. The molecular weight excluding hydrogens is 408 g/mol. The van der Waals surface area contributed by atoms with Gasteiger partial charge in [-0.2, -0.15) is 0 Å². The average molecular weight is 441 g/mol. The number of hydrogen-bond donors (Lipinski definition) is 1. The van der Waals surface area contributed by atoms with E-state index in [1.54, 1.807) is 26.3 Å². The van der Waals surface area contributed by atoms with E-state index in [1.807, 2.05) is 24.3 Å². The van der Waals surface area contributed by atoms with Crippen molar-refractivity contribution in [2.24, 2.45) is 0 Å². The fourth-order valence-corrected chi connectivity index (χ4v) is 4.89. The van der Waals surface area contributed by atoms with Gasteiger partial charge in [0.15, 0.2) is 0 Å². The number of carbonyl (C=O) groups excluding carboxylic acids is 2. The van der Waals surface area contributed by atoms with Crippen molar-refractivity contribution in [2.75, 3.05) is 26.1 Å². The lowest BCUT2D eigenvalue weighted by atomic mass is 10.0. The zero-order valence-electron chi connectivity index (χ0n) is 19.0. The summed E-state index contributed by atoms with van der Waals surface area (Å²) < 4.78 is 10.8. The molecule has 0 spiro atoms. The first-order chi connectivity index (χ1) is 14.7. The van der Waals surface area contributed by atoms with Crippen LogP contribution in [0.3, 0.4) is 0 Å². The maximum atomic E-state index is 13.3. The van der Waals surface area contributed by atoms with E-state index in [0.717, 1.165) is 6.42 Å². The summed E-state index contributed by atoms with van der Waals surface area (Å²) in [6, 6.07) is 14.5. The second kappa shape index (κ2) is 9.66. The van der Waals surface area contributed by atoms with Crippen LogP contribution >= 0.6 is 0 Å². The van der Waals surface area contributed by atoms with Gasteiger partial charge < -0.3 is 19.7 Å². The molecule has 2 aromatic rings. The molecule has 2 atom stereocenters. The van der Waals surface area contributed by atoms with Gasteiger partial charge in [0.25, 0.3) is 11.8 Å². The Labute approximate surface area is 185 Å². The van der Waals surface area contributed by atoms with Gasteiger partial charge in [0.05, 0.1) is 15.2 Å². The van der Waals surface area contributed by atoms with Gasteiger partial charge in [-0.25, -0.2) is 0 Å². The molecule has 1 N–H and O–H groups in total. The molecule has 1 aliphatic heterocycles. The number of benzene rings is 2. The molecule has 2 aromatic carbocycles. The van der Waals surface area contributed by atoms with E-state index in [0.29, 0.717) is 30.0 Å². The lowest BCUT2D eigenvalue weighted by molar-refractivity contribution is -0.145. The number of anilines is 1. The van der Waals surface area contributed by atoms with Gasteiger partial charge in [0, 0.05) is 19.3 Å². The predicted molar refractivity (Wildman–Crippen MR) is 126 cm³/mol. The number of likely N-dealkylation sites (N-methyl/N-ethyl adjacent to an activating group) is 1. The van der Waals surface area contributed by atoms with Gasteiger partial charge in [-0.05, 0) is 42.7 Å². The molecular formula is C24H32N2O4Si. The Morgan fingerprint density at radius 2 is 1.74 bits per heavy atom. The Balaban J connectivity index is 1.85. The number of nitrogens with one attached hydrogen (secondary N) is 1. The van der Waals surface area contributed by atoms with E-state index in [4.69, 9.17) is 9.47 Å². The third kappa shape index (κ3) is 5.54. The number of rotatable bonds is 7. The number of carbonyl (C=O) groups is 2. The van der Waals surface area contributed by atoms with Crippen LogP contribution in [0.4, 0.5) is 5.69 Å². The van der Waals surface area contributed by atoms with Crippen molar-refractivity contribution >= 4 is 30.8 Å². The Morgan fingerprint density at radius 1 is 1.10 bits per heavy atom. The molecule has 0 radical (unpaired) electrons. The Bertz CT molecular complexity index is 901. The van der Waals surface area contributed by atoms with Crippen LogP contribution in [0.2, 0.25) is 19.6 Å². The third-order valence-electron chi connectivity index (χ3n) is 5.64. The molecule has 6 nitrogen and oxygen atoms in total. The summed E-state index contributed by atoms with van der Waals surface area (Å²) in [5.41, 5.74) is 1.43. The summed E-state index contributed by atoms with van der Waals surface area (Å²) in [7, 11) is 1.83. The van der Waals surface area contributed by atoms with Crippen molar-refractivity contribution in [3.8, 4) is 5.75 Å². The first kappa shape index (κ1) is 23.0. The van der Waals surface area contributed by atoms with Crippen molar-refractivity contribution in [1.29, 1.82) is 0 Å². The second-order valence-corrected chi connectivity index (χ2v) is 14.0. The van der Waals surface area contributed by atoms with E-state index in [1.165, 1.54) is 10.1 Å². The standard InChI is InChI=1S/C24H32N2O4Si/c1-26(24(28)21-7-6-16-30-21)22(17-8-12-19(29-2)13-9-17)23(27)25-18-10-14-20(15-11-18)31(3,4)5/h8-15,21-22H,6-7,16H2,1-5H3,(H,25,27). The first-order valence-corrected chi connectivity index (χ1v) is 14.1. The molecule has 2 unspecified atom stereocenters. The molecule has 0 saturated carbocycles. The molecule has 0 bridgehead atoms. The molecule has 2 amide bonds. The van der Waals surface area contributed by atoms with E-state index in [2.05, 4.69) is 37.1 Å². The minimum absolute atomic E-state index is 0.178. The molecule has 31 heavy (non-hydrogen) atoms. The van der Waals surface area contributed by atoms with Crippen LogP contribution in [-0.2, 0) is 14.3 Å². The second-order valence-electron chi connectivity index (χ2n) is 8.94. The van der Waals surface area contributed by atoms with Crippen LogP contribution in [0, 0.1) is 0 Å². The highest BCUT2D eigenvalue weighted by molar-refractivity contribution is 6.88. The van der Waals surface area contributed by atoms with Crippen LogP contribution in [0.25, 0.3) is 0 Å². The lowest BCUT2D eigenvalue weighted by Gasteiger charge is -2.29. The smallest absolute Gasteiger partial charge is 0.252 e. The highest BCUT2D eigenvalue weighted by Gasteiger charge is 2.34. The van der Waals surface area contributed by atoms with Crippen molar-refractivity contribution in [3.63, 3.8) is 0 Å². The molecule has 0 aromatic heterocycles. The summed E-state index contributed by atoms with van der Waals surface area (Å²) in [5, 5.41) is 4.31. The monoisotopic (exact) mass is 440 g/mol. The fourth-order valence-electron chi connectivity index (χ4n) is 3.73. The van der Waals surface area contributed by atoms with E-state index in [-0.39, 0.29) is 11.8 Å². The van der Waals surface area contributed by atoms with E-state index < -0.39 is 20.2 Å². The minimum atomic E-state index is -1.42. The molecule has 0 aliphatic carbocycles. The van der Waals surface area contributed by atoms with Crippen molar-refractivity contribution in [2.45, 2.75) is 44.6 Å². The maximum absolute atomic E-state index is 13.3. The Kier molecular flexibility index (Phi) is 7.18. The molecule has 1 aliphatic rings. The summed E-state index contributed by atoms with van der Waals surface area (Å²) >= 11 is 0. The van der Waals surface area contributed by atoms with E-state index in [9.17, 15) is 9.59 Å². The Hall–Kier alpha value is -2.64. The van der Waals surface area contributed by atoms with Crippen molar-refractivity contribution < 1.29 is 19.1 Å². The van der Waals surface area contributed by atoms with E-state index >= 15 is 0 Å². The van der Waals surface area contributed by atoms with Gasteiger partial charge in [0.2, 0.25) is 0 Å². The topological polar surface area (TPSA) is 67.9 Å². The molecule has 1 saturated heterocycles. The number of ether oxygens (including phenoxy) is 2. The quantitative estimate of drug-likeness (QED) is 0.669. The van der Waals surface area contributed by atoms with Gasteiger partial charge in [-0.1, -0.05) is 49.1 Å². The van der Waals surface area contributed by atoms with Crippen LogP contribution < -0.4 is 15.2 Å². The molecule has 1 heterocycles. The maximum Gasteiger partial charge on any atom is 0.252 e. The number of nitrogens with zero attached hydrogens (tertiary/aromatic N) is 1. The van der Waals surface area contributed by atoms with Gasteiger partial charge >= 0.3 is 0 Å². The zero-order chi connectivity index (χ0) is 22.6. The summed E-state index contributed by atoms with van der Waals surface area (Å²) in [5.74, 6) is 0.250. The molecule has 3 rings (SSSR count). The highest BCUT2D eigenvalue weighted by atomic mass is 28.3. The predicted octanol–water partition coefficient (Wildman–Crippen LogP) is 3.56. The molecule has 7 heteroatoms.